The molecule has 0 aliphatic carbocycles. The number of thiophene rings is 1. The second kappa shape index (κ2) is 5.16. The SMILES string of the molecule is NN(C(=O)c1ccsc1)c1nnc(Cl)c2ccccc12. The van der Waals surface area contributed by atoms with Crippen LogP contribution in [0.1, 0.15) is 10.4 Å². The highest BCUT2D eigenvalue weighted by molar-refractivity contribution is 7.08. The average molecular weight is 305 g/mol. The summed E-state index contributed by atoms with van der Waals surface area (Å²) in [5.41, 5.74) is 0.512. The van der Waals surface area contributed by atoms with Crippen LogP contribution in [0.2, 0.25) is 5.15 Å². The number of amides is 1. The minimum absolute atomic E-state index is 0.278. The quantitative estimate of drug-likeness (QED) is 0.449. The van der Waals surface area contributed by atoms with Gasteiger partial charge in [-0.2, -0.15) is 11.3 Å². The summed E-state index contributed by atoms with van der Waals surface area (Å²) < 4.78 is 0. The van der Waals surface area contributed by atoms with Gasteiger partial charge in [0, 0.05) is 16.2 Å². The molecule has 0 spiro atoms. The Hall–Kier alpha value is -2.02. The number of hydrazine groups is 1. The number of benzene rings is 1. The van der Waals surface area contributed by atoms with Gasteiger partial charge in [0.25, 0.3) is 5.91 Å². The Labute approximate surface area is 123 Å². The number of carbonyl (C=O) groups excluding carboxylic acids is 1. The highest BCUT2D eigenvalue weighted by Crippen LogP contribution is 2.27. The maximum absolute atomic E-state index is 12.2. The van der Waals surface area contributed by atoms with Gasteiger partial charge in [0.1, 0.15) is 0 Å². The fourth-order valence-corrected chi connectivity index (χ4v) is 2.69. The van der Waals surface area contributed by atoms with Crippen LogP contribution in [0.4, 0.5) is 5.82 Å². The number of hydrogen-bond donors (Lipinski definition) is 1. The maximum atomic E-state index is 12.2. The zero-order chi connectivity index (χ0) is 14.1. The molecule has 0 aliphatic rings. The van der Waals surface area contributed by atoms with Gasteiger partial charge in [-0.25, -0.2) is 10.9 Å². The standard InChI is InChI=1S/C13H9ClN4OS/c14-11-9-3-1-2-4-10(9)12(17-16-11)18(15)13(19)8-5-6-20-7-8/h1-7H,15H2. The zero-order valence-corrected chi connectivity index (χ0v) is 11.7. The Bertz CT molecular complexity index is 775. The van der Waals surface area contributed by atoms with Gasteiger partial charge in [0.15, 0.2) is 11.0 Å². The first-order chi connectivity index (χ1) is 9.68. The second-order valence-electron chi connectivity index (χ2n) is 4.05. The molecule has 0 fully saturated rings. The Balaban J connectivity index is 2.11. The number of halogens is 1. The number of carbonyl (C=O) groups is 1. The third-order valence-electron chi connectivity index (χ3n) is 2.84. The van der Waals surface area contributed by atoms with Gasteiger partial charge in [-0.1, -0.05) is 35.9 Å². The van der Waals surface area contributed by atoms with Crippen molar-refractivity contribution in [2.45, 2.75) is 0 Å². The van der Waals surface area contributed by atoms with E-state index < -0.39 is 0 Å². The first-order valence-electron chi connectivity index (χ1n) is 5.71. The summed E-state index contributed by atoms with van der Waals surface area (Å²) in [5, 5.41) is 14.0. The Morgan fingerprint density at radius 1 is 1.20 bits per heavy atom. The first-order valence-corrected chi connectivity index (χ1v) is 7.03. The van der Waals surface area contributed by atoms with E-state index in [9.17, 15) is 4.79 Å². The average Bonchev–Trinajstić information content (AvgIpc) is 3.01. The summed E-state index contributed by atoms with van der Waals surface area (Å²) in [7, 11) is 0. The van der Waals surface area contributed by atoms with Crippen molar-refractivity contribution in [1.29, 1.82) is 0 Å². The summed E-state index contributed by atoms with van der Waals surface area (Å²) in [4.78, 5) is 12.2. The molecule has 1 aromatic carbocycles. The predicted octanol–water partition coefficient (Wildman–Crippen LogP) is 2.87. The summed E-state index contributed by atoms with van der Waals surface area (Å²) in [5.74, 6) is 5.83. The molecule has 0 bridgehead atoms. The Morgan fingerprint density at radius 2 is 1.95 bits per heavy atom. The van der Waals surface area contributed by atoms with Crippen molar-refractivity contribution in [3.05, 3.63) is 51.8 Å². The maximum Gasteiger partial charge on any atom is 0.274 e. The van der Waals surface area contributed by atoms with Crippen LogP contribution in [0.5, 0.6) is 0 Å². The van der Waals surface area contributed by atoms with E-state index in [0.717, 1.165) is 5.01 Å². The fourth-order valence-electron chi connectivity index (χ4n) is 1.86. The topological polar surface area (TPSA) is 72.1 Å². The number of rotatable bonds is 2. The largest absolute Gasteiger partial charge is 0.274 e. The van der Waals surface area contributed by atoms with Crippen LogP contribution in [0, 0.1) is 0 Å². The van der Waals surface area contributed by atoms with Crippen LogP contribution in [0.15, 0.2) is 41.1 Å². The van der Waals surface area contributed by atoms with Gasteiger partial charge < -0.3 is 0 Å². The molecule has 0 radical (unpaired) electrons. The number of aromatic nitrogens is 2. The fraction of sp³-hybridized carbons (Fsp3) is 0. The number of hydrogen-bond acceptors (Lipinski definition) is 5. The monoisotopic (exact) mass is 304 g/mol. The number of nitrogens with zero attached hydrogens (tertiary/aromatic N) is 3. The van der Waals surface area contributed by atoms with Crippen LogP contribution in [-0.2, 0) is 0 Å². The molecular weight excluding hydrogens is 296 g/mol. The lowest BCUT2D eigenvalue weighted by molar-refractivity contribution is 0.0986. The van der Waals surface area contributed by atoms with Crippen molar-refractivity contribution in [3.63, 3.8) is 0 Å². The van der Waals surface area contributed by atoms with E-state index in [2.05, 4.69) is 10.2 Å². The molecule has 2 heterocycles. The highest BCUT2D eigenvalue weighted by atomic mass is 35.5. The smallest absolute Gasteiger partial charge is 0.267 e. The van der Waals surface area contributed by atoms with Crippen LogP contribution >= 0.6 is 22.9 Å². The van der Waals surface area contributed by atoms with E-state index in [4.69, 9.17) is 17.4 Å². The summed E-state index contributed by atoms with van der Waals surface area (Å²) >= 11 is 7.42. The molecule has 100 valence electrons. The molecule has 2 N–H and O–H groups in total. The molecule has 5 nitrogen and oxygen atoms in total. The lowest BCUT2D eigenvalue weighted by atomic mass is 10.2. The lowest BCUT2D eigenvalue weighted by Gasteiger charge is -2.16. The molecule has 2 aromatic heterocycles. The van der Waals surface area contributed by atoms with Gasteiger partial charge in [0.2, 0.25) is 0 Å². The Morgan fingerprint density at radius 3 is 2.65 bits per heavy atom. The first kappa shape index (κ1) is 13.0. The highest BCUT2D eigenvalue weighted by Gasteiger charge is 2.19. The number of anilines is 1. The molecule has 3 rings (SSSR count). The summed E-state index contributed by atoms with van der Waals surface area (Å²) in [6, 6.07) is 8.97. The van der Waals surface area contributed by atoms with Gasteiger partial charge in [0.05, 0.1) is 5.56 Å². The van der Waals surface area contributed by atoms with Crippen LogP contribution in [0.3, 0.4) is 0 Å². The molecule has 7 heteroatoms. The van der Waals surface area contributed by atoms with Crippen LogP contribution < -0.4 is 10.9 Å². The minimum Gasteiger partial charge on any atom is -0.267 e. The van der Waals surface area contributed by atoms with E-state index >= 15 is 0 Å². The van der Waals surface area contributed by atoms with E-state index in [1.54, 1.807) is 23.6 Å². The van der Waals surface area contributed by atoms with Crippen molar-refractivity contribution in [1.82, 2.24) is 10.2 Å². The van der Waals surface area contributed by atoms with Gasteiger partial charge in [-0.3, -0.25) is 4.79 Å². The zero-order valence-electron chi connectivity index (χ0n) is 10.2. The number of nitrogens with two attached hydrogens (primary N) is 1. The molecular formula is C13H9ClN4OS. The van der Waals surface area contributed by atoms with Crippen molar-refractivity contribution in [2.24, 2.45) is 5.84 Å². The molecule has 20 heavy (non-hydrogen) atoms. The van der Waals surface area contributed by atoms with Gasteiger partial charge in [-0.15, -0.1) is 10.2 Å². The van der Waals surface area contributed by atoms with Crippen molar-refractivity contribution >= 4 is 45.4 Å². The van der Waals surface area contributed by atoms with E-state index in [1.165, 1.54) is 11.3 Å². The minimum atomic E-state index is -0.340. The molecule has 0 atom stereocenters. The summed E-state index contributed by atoms with van der Waals surface area (Å²) in [6.45, 7) is 0. The summed E-state index contributed by atoms with van der Waals surface area (Å²) in [6.07, 6.45) is 0. The van der Waals surface area contributed by atoms with Crippen molar-refractivity contribution < 1.29 is 4.79 Å². The molecule has 0 aliphatic heterocycles. The normalized spacial score (nSPS) is 10.7. The van der Waals surface area contributed by atoms with E-state index in [1.807, 2.05) is 17.5 Å². The molecule has 0 saturated heterocycles. The second-order valence-corrected chi connectivity index (χ2v) is 5.19. The molecule has 0 saturated carbocycles. The van der Waals surface area contributed by atoms with Gasteiger partial charge in [-0.05, 0) is 11.4 Å². The van der Waals surface area contributed by atoms with Gasteiger partial charge >= 0.3 is 0 Å². The Kier molecular flexibility index (Phi) is 3.35. The van der Waals surface area contributed by atoms with Crippen molar-refractivity contribution in [2.75, 3.05) is 5.01 Å². The third-order valence-corrected chi connectivity index (χ3v) is 3.80. The number of fused-ring (bicyclic) bond motifs is 1. The van der Waals surface area contributed by atoms with E-state index in [0.29, 0.717) is 16.3 Å². The molecule has 1 amide bonds. The van der Waals surface area contributed by atoms with E-state index in [-0.39, 0.29) is 16.9 Å². The third kappa shape index (κ3) is 2.14. The lowest BCUT2D eigenvalue weighted by Crippen LogP contribution is -2.38. The van der Waals surface area contributed by atoms with Crippen molar-refractivity contribution in [3.8, 4) is 0 Å². The van der Waals surface area contributed by atoms with Crippen LogP contribution in [-0.4, -0.2) is 16.1 Å². The molecule has 3 aromatic rings. The predicted molar refractivity (Wildman–Crippen MR) is 79.9 cm³/mol. The van der Waals surface area contributed by atoms with Crippen LogP contribution in [0.25, 0.3) is 10.8 Å². The molecule has 0 unspecified atom stereocenters.